The Morgan fingerprint density at radius 3 is 2.81 bits per heavy atom. The summed E-state index contributed by atoms with van der Waals surface area (Å²) >= 11 is 5.05. The minimum Gasteiger partial charge on any atom is -0.474 e. The Labute approximate surface area is 164 Å². The monoisotopic (exact) mass is 434 g/mol. The summed E-state index contributed by atoms with van der Waals surface area (Å²) in [6, 6.07) is 7.94. The van der Waals surface area contributed by atoms with Gasteiger partial charge in [0.1, 0.15) is 6.10 Å². The molecule has 3 aromatic heterocycles. The first-order chi connectivity index (χ1) is 12.7. The van der Waals surface area contributed by atoms with Crippen LogP contribution in [0.2, 0.25) is 0 Å². The third kappa shape index (κ3) is 4.31. The van der Waals surface area contributed by atoms with Crippen LogP contribution in [-0.2, 0) is 6.54 Å². The third-order valence-electron chi connectivity index (χ3n) is 4.33. The molecule has 0 saturated carbocycles. The fraction of sp³-hybridized carbons (Fsp3) is 0.389. The first-order valence-corrected chi connectivity index (χ1v) is 10.2. The zero-order chi connectivity index (χ0) is 17.9. The van der Waals surface area contributed by atoms with Crippen molar-refractivity contribution >= 4 is 27.3 Å². The Balaban J connectivity index is 1.28. The maximum absolute atomic E-state index is 5.98. The lowest BCUT2D eigenvalue weighted by Crippen LogP contribution is -2.38. The van der Waals surface area contributed by atoms with Crippen molar-refractivity contribution in [1.29, 1.82) is 0 Å². The summed E-state index contributed by atoms with van der Waals surface area (Å²) in [5, 5.41) is 4.09. The van der Waals surface area contributed by atoms with Gasteiger partial charge in [0, 0.05) is 25.4 Å². The number of likely N-dealkylation sites (tertiary alicyclic amines) is 1. The van der Waals surface area contributed by atoms with Crippen molar-refractivity contribution in [3.8, 4) is 16.6 Å². The Morgan fingerprint density at radius 2 is 2.12 bits per heavy atom. The van der Waals surface area contributed by atoms with E-state index in [1.54, 1.807) is 11.3 Å². The molecule has 0 aromatic carbocycles. The lowest BCUT2D eigenvalue weighted by Gasteiger charge is -2.30. The molecule has 1 saturated heterocycles. The van der Waals surface area contributed by atoms with Gasteiger partial charge in [0.25, 0.3) is 0 Å². The summed E-state index contributed by atoms with van der Waals surface area (Å²) in [4.78, 5) is 12.2. The fourth-order valence-corrected chi connectivity index (χ4v) is 4.24. The van der Waals surface area contributed by atoms with Crippen LogP contribution in [0.4, 0.5) is 0 Å². The van der Waals surface area contributed by atoms with Crippen LogP contribution in [0.3, 0.4) is 0 Å². The number of nitrogens with zero attached hydrogens (tertiary/aromatic N) is 4. The highest BCUT2D eigenvalue weighted by Crippen LogP contribution is 2.29. The maximum atomic E-state index is 5.98. The molecule has 0 aliphatic carbocycles. The van der Waals surface area contributed by atoms with Crippen LogP contribution < -0.4 is 4.74 Å². The van der Waals surface area contributed by atoms with Gasteiger partial charge in [0.15, 0.2) is 0 Å². The van der Waals surface area contributed by atoms with Crippen LogP contribution in [0.5, 0.6) is 5.88 Å². The molecular weight excluding hydrogens is 416 g/mol. The molecule has 4 rings (SSSR count). The predicted octanol–water partition coefficient (Wildman–Crippen LogP) is 4.31. The molecule has 0 amide bonds. The molecule has 26 heavy (non-hydrogen) atoms. The van der Waals surface area contributed by atoms with E-state index in [1.807, 2.05) is 37.4 Å². The van der Waals surface area contributed by atoms with Gasteiger partial charge in [-0.25, -0.2) is 4.98 Å². The number of hydrogen-bond acceptors (Lipinski definition) is 7. The van der Waals surface area contributed by atoms with E-state index < -0.39 is 0 Å². The first kappa shape index (κ1) is 17.6. The molecule has 0 bridgehead atoms. The Kier molecular flexibility index (Phi) is 5.33. The van der Waals surface area contributed by atoms with Crippen LogP contribution in [0.15, 0.2) is 38.8 Å². The van der Waals surface area contributed by atoms with E-state index >= 15 is 0 Å². The molecule has 0 N–H and O–H groups in total. The van der Waals surface area contributed by atoms with Gasteiger partial charge >= 0.3 is 0 Å². The lowest BCUT2D eigenvalue weighted by molar-refractivity contribution is 0.0871. The van der Waals surface area contributed by atoms with Gasteiger partial charge in [0.05, 0.1) is 15.2 Å². The zero-order valence-electron chi connectivity index (χ0n) is 14.4. The summed E-state index contributed by atoms with van der Waals surface area (Å²) in [6.07, 6.45) is 3.98. The van der Waals surface area contributed by atoms with E-state index in [2.05, 4.69) is 36.0 Å². The highest BCUT2D eigenvalue weighted by atomic mass is 79.9. The molecule has 1 aliphatic heterocycles. The summed E-state index contributed by atoms with van der Waals surface area (Å²) in [7, 11) is 0. The van der Waals surface area contributed by atoms with Gasteiger partial charge in [-0.15, -0.1) is 11.3 Å². The second kappa shape index (κ2) is 7.85. The van der Waals surface area contributed by atoms with E-state index in [4.69, 9.17) is 9.26 Å². The summed E-state index contributed by atoms with van der Waals surface area (Å²) in [5.41, 5.74) is 1.14. The second-order valence-electron chi connectivity index (χ2n) is 6.38. The number of rotatable bonds is 5. The van der Waals surface area contributed by atoms with Crippen molar-refractivity contribution in [3.63, 3.8) is 0 Å². The number of ether oxygens (including phenoxy) is 1. The SMILES string of the molecule is Cc1ccc(OC2CCN(Cc3nc(-c4ccc(Br)s4)no3)CC2)nc1. The van der Waals surface area contributed by atoms with E-state index in [0.717, 1.165) is 40.2 Å². The van der Waals surface area contributed by atoms with Crippen molar-refractivity contribution in [3.05, 3.63) is 45.7 Å². The van der Waals surface area contributed by atoms with Gasteiger partial charge in [-0.1, -0.05) is 11.2 Å². The van der Waals surface area contributed by atoms with E-state index in [0.29, 0.717) is 24.1 Å². The van der Waals surface area contributed by atoms with Gasteiger partial charge in [-0.3, -0.25) is 4.90 Å². The van der Waals surface area contributed by atoms with Crippen LogP contribution >= 0.6 is 27.3 Å². The van der Waals surface area contributed by atoms with Crippen molar-refractivity contribution < 1.29 is 9.26 Å². The minimum atomic E-state index is 0.211. The molecule has 136 valence electrons. The van der Waals surface area contributed by atoms with Gasteiger partial charge in [-0.2, -0.15) is 4.98 Å². The molecule has 0 radical (unpaired) electrons. The van der Waals surface area contributed by atoms with E-state index in [-0.39, 0.29) is 6.10 Å². The molecule has 0 atom stereocenters. The number of pyridine rings is 1. The quantitative estimate of drug-likeness (QED) is 0.595. The van der Waals surface area contributed by atoms with Gasteiger partial charge < -0.3 is 9.26 Å². The summed E-state index contributed by atoms with van der Waals surface area (Å²) < 4.78 is 12.5. The molecule has 8 heteroatoms. The highest BCUT2D eigenvalue weighted by Gasteiger charge is 2.22. The number of hydrogen-bond donors (Lipinski definition) is 0. The summed E-state index contributed by atoms with van der Waals surface area (Å²) in [5.74, 6) is 2.01. The van der Waals surface area contributed by atoms with Crippen molar-refractivity contribution in [1.82, 2.24) is 20.0 Å². The van der Waals surface area contributed by atoms with Crippen LogP contribution in [0.25, 0.3) is 10.7 Å². The van der Waals surface area contributed by atoms with Crippen LogP contribution in [0, 0.1) is 6.92 Å². The second-order valence-corrected chi connectivity index (χ2v) is 8.85. The zero-order valence-corrected chi connectivity index (χ0v) is 16.8. The molecule has 4 heterocycles. The molecular formula is C18H19BrN4O2S. The highest BCUT2D eigenvalue weighted by molar-refractivity contribution is 9.11. The fourth-order valence-electron chi connectivity index (χ4n) is 2.92. The standard InChI is InChI=1S/C18H19BrN4O2S/c1-12-2-5-16(20-10-12)24-13-6-8-23(9-7-13)11-17-21-18(22-25-17)14-3-4-15(19)26-14/h2-5,10,13H,6-9,11H2,1H3. The normalized spacial score (nSPS) is 16.1. The Hall–Kier alpha value is -1.77. The molecule has 1 aliphatic rings. The Morgan fingerprint density at radius 1 is 1.27 bits per heavy atom. The molecule has 0 spiro atoms. The average molecular weight is 435 g/mol. The molecule has 6 nitrogen and oxygen atoms in total. The largest absolute Gasteiger partial charge is 0.474 e. The van der Waals surface area contributed by atoms with Gasteiger partial charge in [-0.05, 0) is 53.4 Å². The number of aromatic nitrogens is 3. The van der Waals surface area contributed by atoms with E-state index in [9.17, 15) is 0 Å². The third-order valence-corrected chi connectivity index (χ3v) is 5.95. The smallest absolute Gasteiger partial charge is 0.241 e. The number of thiophene rings is 1. The predicted molar refractivity (Wildman–Crippen MR) is 103 cm³/mol. The van der Waals surface area contributed by atoms with Crippen molar-refractivity contribution in [2.45, 2.75) is 32.4 Å². The first-order valence-electron chi connectivity index (χ1n) is 8.56. The van der Waals surface area contributed by atoms with Crippen molar-refractivity contribution in [2.75, 3.05) is 13.1 Å². The van der Waals surface area contributed by atoms with Gasteiger partial charge in [0.2, 0.25) is 17.6 Å². The Bertz CT molecular complexity index is 856. The molecule has 3 aromatic rings. The number of halogens is 1. The van der Waals surface area contributed by atoms with Crippen LogP contribution in [-0.4, -0.2) is 39.2 Å². The topological polar surface area (TPSA) is 64.3 Å². The lowest BCUT2D eigenvalue weighted by atomic mass is 10.1. The molecule has 0 unspecified atom stereocenters. The van der Waals surface area contributed by atoms with Crippen molar-refractivity contribution in [2.24, 2.45) is 0 Å². The maximum Gasteiger partial charge on any atom is 0.241 e. The van der Waals surface area contributed by atoms with E-state index in [1.165, 1.54) is 0 Å². The molecule has 1 fully saturated rings. The number of piperidine rings is 1. The average Bonchev–Trinajstić information content (AvgIpc) is 3.28. The van der Waals surface area contributed by atoms with Crippen LogP contribution in [0.1, 0.15) is 24.3 Å². The summed E-state index contributed by atoms with van der Waals surface area (Å²) in [6.45, 7) is 4.59. The number of aryl methyl sites for hydroxylation is 1. The minimum absolute atomic E-state index is 0.211.